The monoisotopic (exact) mass is 379 g/mol. The highest BCUT2D eigenvalue weighted by Gasteiger charge is 2.18. The largest absolute Gasteiger partial charge is 0.303 e. The van der Waals surface area contributed by atoms with Crippen molar-refractivity contribution in [2.75, 3.05) is 26.2 Å². The second-order valence-electron chi connectivity index (χ2n) is 7.03. The molecule has 6 heteroatoms. The number of aromatic nitrogens is 3. The van der Waals surface area contributed by atoms with E-state index in [4.69, 9.17) is 12.2 Å². The van der Waals surface area contributed by atoms with E-state index in [9.17, 15) is 0 Å². The van der Waals surface area contributed by atoms with Gasteiger partial charge in [-0.15, -0.1) is 6.58 Å². The Labute approximate surface area is 165 Å². The zero-order valence-electron chi connectivity index (χ0n) is 15.5. The van der Waals surface area contributed by atoms with Crippen LogP contribution in [0.5, 0.6) is 0 Å². The molecule has 5 nitrogen and oxygen atoms in total. The van der Waals surface area contributed by atoms with Crippen molar-refractivity contribution in [1.82, 2.24) is 24.1 Å². The number of allylic oxidation sites excluding steroid dienone is 1. The van der Waals surface area contributed by atoms with Crippen LogP contribution in [0.3, 0.4) is 0 Å². The van der Waals surface area contributed by atoms with Gasteiger partial charge in [0.25, 0.3) is 0 Å². The summed E-state index contributed by atoms with van der Waals surface area (Å²) in [5.74, 6) is 0. The van der Waals surface area contributed by atoms with Crippen molar-refractivity contribution in [2.45, 2.75) is 19.8 Å². The molecular weight excluding hydrogens is 354 g/mol. The van der Waals surface area contributed by atoms with Crippen molar-refractivity contribution in [3.05, 3.63) is 71.8 Å². The fourth-order valence-corrected chi connectivity index (χ4v) is 3.91. The Balaban J connectivity index is 1.36. The maximum Gasteiger partial charge on any atom is 0.199 e. The van der Waals surface area contributed by atoms with E-state index in [-0.39, 0.29) is 0 Å². The third-order valence-electron chi connectivity index (χ3n) is 5.20. The predicted octanol–water partition coefficient (Wildman–Crippen LogP) is 3.53. The summed E-state index contributed by atoms with van der Waals surface area (Å²) in [7, 11) is 0. The quantitative estimate of drug-likeness (QED) is 0.484. The molecule has 140 valence electrons. The zero-order valence-corrected chi connectivity index (χ0v) is 16.3. The molecule has 0 radical (unpaired) electrons. The highest BCUT2D eigenvalue weighted by Crippen LogP contribution is 2.20. The van der Waals surface area contributed by atoms with Crippen LogP contribution in [-0.4, -0.2) is 50.3 Å². The van der Waals surface area contributed by atoms with Gasteiger partial charge in [-0.25, -0.2) is 4.68 Å². The molecule has 1 saturated heterocycles. The van der Waals surface area contributed by atoms with E-state index in [0.29, 0.717) is 6.54 Å². The molecule has 1 fully saturated rings. The van der Waals surface area contributed by atoms with Crippen LogP contribution < -0.4 is 0 Å². The summed E-state index contributed by atoms with van der Waals surface area (Å²) in [4.78, 5) is 4.95. The smallest absolute Gasteiger partial charge is 0.199 e. The lowest BCUT2D eigenvalue weighted by atomic mass is 10.0. The SMILES string of the molecule is C=CCn1cnn(CN2CCN(Cc3cccc4ccccc34)CC2)c1=S. The zero-order chi connectivity index (χ0) is 18.6. The van der Waals surface area contributed by atoms with Gasteiger partial charge >= 0.3 is 0 Å². The van der Waals surface area contributed by atoms with E-state index in [1.807, 2.05) is 15.3 Å². The predicted molar refractivity (Wildman–Crippen MR) is 112 cm³/mol. The summed E-state index contributed by atoms with van der Waals surface area (Å²) in [6.45, 7) is 10.4. The van der Waals surface area contributed by atoms with Gasteiger partial charge < -0.3 is 4.57 Å². The molecule has 0 amide bonds. The molecule has 0 unspecified atom stereocenters. The average molecular weight is 380 g/mol. The van der Waals surface area contributed by atoms with Crippen LogP contribution in [0.4, 0.5) is 0 Å². The van der Waals surface area contributed by atoms with Gasteiger partial charge in [0.15, 0.2) is 4.77 Å². The minimum absolute atomic E-state index is 0.706. The van der Waals surface area contributed by atoms with Gasteiger partial charge in [0.1, 0.15) is 6.33 Å². The number of benzene rings is 2. The van der Waals surface area contributed by atoms with Crippen molar-refractivity contribution >= 4 is 23.0 Å². The lowest BCUT2D eigenvalue weighted by molar-refractivity contribution is 0.0983. The lowest BCUT2D eigenvalue weighted by Crippen LogP contribution is -2.46. The molecule has 1 aromatic heterocycles. The molecule has 2 aromatic carbocycles. The second-order valence-corrected chi connectivity index (χ2v) is 7.39. The fraction of sp³-hybridized carbons (Fsp3) is 0.333. The van der Waals surface area contributed by atoms with E-state index in [1.165, 1.54) is 16.3 Å². The van der Waals surface area contributed by atoms with Crippen molar-refractivity contribution in [3.8, 4) is 0 Å². The van der Waals surface area contributed by atoms with Crippen molar-refractivity contribution in [1.29, 1.82) is 0 Å². The van der Waals surface area contributed by atoms with Crippen LogP contribution in [0.25, 0.3) is 10.8 Å². The van der Waals surface area contributed by atoms with E-state index < -0.39 is 0 Å². The van der Waals surface area contributed by atoms with Crippen LogP contribution in [0.1, 0.15) is 5.56 Å². The Hall–Kier alpha value is -2.28. The molecule has 1 aliphatic rings. The molecule has 1 aliphatic heterocycles. The standard InChI is InChI=1S/C21H25N5S/c1-2-10-25-16-22-26(21(25)27)17-24-13-11-23(12-14-24)15-19-8-5-7-18-6-3-4-9-20(18)19/h2-9,16H,1,10-15,17H2. The minimum atomic E-state index is 0.706. The molecule has 4 rings (SSSR count). The third-order valence-corrected chi connectivity index (χ3v) is 5.64. The van der Waals surface area contributed by atoms with Gasteiger partial charge in [0, 0.05) is 39.3 Å². The molecule has 0 N–H and O–H groups in total. The summed E-state index contributed by atoms with van der Waals surface area (Å²) >= 11 is 5.49. The molecule has 2 heterocycles. The molecule has 0 bridgehead atoms. The summed E-state index contributed by atoms with van der Waals surface area (Å²) < 4.78 is 4.60. The molecular formula is C21H25N5S. The maximum atomic E-state index is 5.49. The number of rotatable bonds is 6. The van der Waals surface area contributed by atoms with E-state index >= 15 is 0 Å². The fourth-order valence-electron chi connectivity index (χ4n) is 3.68. The van der Waals surface area contributed by atoms with E-state index in [1.54, 1.807) is 6.33 Å². The highest BCUT2D eigenvalue weighted by atomic mass is 32.1. The normalized spacial score (nSPS) is 16.0. The third kappa shape index (κ3) is 4.03. The average Bonchev–Trinajstić information content (AvgIpc) is 3.04. The van der Waals surface area contributed by atoms with Crippen LogP contribution >= 0.6 is 12.2 Å². The van der Waals surface area contributed by atoms with Gasteiger partial charge in [0.2, 0.25) is 0 Å². The van der Waals surface area contributed by atoms with Gasteiger partial charge in [-0.2, -0.15) is 5.10 Å². The van der Waals surface area contributed by atoms with Crippen LogP contribution in [-0.2, 0) is 19.8 Å². The Morgan fingerprint density at radius 3 is 2.56 bits per heavy atom. The summed E-state index contributed by atoms with van der Waals surface area (Å²) in [5, 5.41) is 7.10. The van der Waals surface area contributed by atoms with Gasteiger partial charge in [-0.1, -0.05) is 48.5 Å². The minimum Gasteiger partial charge on any atom is -0.303 e. The summed E-state index contributed by atoms with van der Waals surface area (Å²) in [5.41, 5.74) is 1.41. The first-order valence-corrected chi connectivity index (χ1v) is 9.80. The Bertz CT molecular complexity index is 976. The lowest BCUT2D eigenvalue weighted by Gasteiger charge is -2.34. The first-order chi connectivity index (χ1) is 13.2. The Morgan fingerprint density at radius 2 is 1.74 bits per heavy atom. The first kappa shape index (κ1) is 18.1. The molecule has 3 aromatic rings. The Morgan fingerprint density at radius 1 is 1.00 bits per heavy atom. The van der Waals surface area contributed by atoms with Gasteiger partial charge in [-0.05, 0) is 28.6 Å². The first-order valence-electron chi connectivity index (χ1n) is 9.39. The molecule has 27 heavy (non-hydrogen) atoms. The van der Waals surface area contributed by atoms with Crippen LogP contribution in [0.15, 0.2) is 61.4 Å². The van der Waals surface area contributed by atoms with Gasteiger partial charge in [-0.3, -0.25) is 9.80 Å². The molecule has 0 atom stereocenters. The topological polar surface area (TPSA) is 29.2 Å². The van der Waals surface area contributed by atoms with Crippen molar-refractivity contribution in [2.24, 2.45) is 0 Å². The number of nitrogens with zero attached hydrogens (tertiary/aromatic N) is 5. The molecule has 0 spiro atoms. The van der Waals surface area contributed by atoms with Gasteiger partial charge in [0.05, 0.1) is 6.67 Å². The Kier molecular flexibility index (Phi) is 5.48. The van der Waals surface area contributed by atoms with E-state index in [2.05, 4.69) is 63.9 Å². The summed E-state index contributed by atoms with van der Waals surface area (Å²) in [6.07, 6.45) is 3.63. The summed E-state index contributed by atoms with van der Waals surface area (Å²) in [6, 6.07) is 15.2. The maximum absolute atomic E-state index is 5.49. The van der Waals surface area contributed by atoms with E-state index in [0.717, 1.165) is 44.2 Å². The van der Waals surface area contributed by atoms with Crippen molar-refractivity contribution < 1.29 is 0 Å². The number of fused-ring (bicyclic) bond motifs is 1. The highest BCUT2D eigenvalue weighted by molar-refractivity contribution is 7.71. The second kappa shape index (κ2) is 8.17. The van der Waals surface area contributed by atoms with Crippen LogP contribution in [0.2, 0.25) is 0 Å². The molecule has 0 saturated carbocycles. The number of hydrogen-bond donors (Lipinski definition) is 0. The van der Waals surface area contributed by atoms with Crippen molar-refractivity contribution in [3.63, 3.8) is 0 Å². The van der Waals surface area contributed by atoms with Crippen LogP contribution in [0, 0.1) is 4.77 Å². The number of piperazine rings is 1. The molecule has 0 aliphatic carbocycles. The number of hydrogen-bond acceptors (Lipinski definition) is 4.